The SMILES string of the molecule is C/C(=C\c1ccc(Cl)cc1)C(=O)N1CCc2nn(C)c(=O)cc2C1. The van der Waals surface area contributed by atoms with Gasteiger partial charge in [-0.2, -0.15) is 5.10 Å². The first kappa shape index (κ1) is 16.5. The number of nitrogens with zero attached hydrogens (tertiary/aromatic N) is 3. The molecule has 2 heterocycles. The van der Waals surface area contributed by atoms with E-state index in [1.54, 1.807) is 37.1 Å². The third-order valence-corrected chi connectivity index (χ3v) is 4.37. The highest BCUT2D eigenvalue weighted by molar-refractivity contribution is 6.30. The highest BCUT2D eigenvalue weighted by Gasteiger charge is 2.23. The Balaban J connectivity index is 1.79. The van der Waals surface area contributed by atoms with Gasteiger partial charge in [0, 0.05) is 48.8 Å². The second-order valence-corrected chi connectivity index (χ2v) is 6.37. The van der Waals surface area contributed by atoms with Crippen LogP contribution < -0.4 is 5.56 Å². The van der Waals surface area contributed by atoms with Crippen molar-refractivity contribution in [3.63, 3.8) is 0 Å². The van der Waals surface area contributed by atoms with Crippen LogP contribution in [0.15, 0.2) is 40.7 Å². The van der Waals surface area contributed by atoms with E-state index in [1.807, 2.05) is 18.2 Å². The van der Waals surface area contributed by atoms with E-state index < -0.39 is 0 Å². The van der Waals surface area contributed by atoms with Crippen molar-refractivity contribution in [2.24, 2.45) is 7.05 Å². The quantitative estimate of drug-likeness (QED) is 0.787. The number of benzene rings is 1. The van der Waals surface area contributed by atoms with Gasteiger partial charge < -0.3 is 4.90 Å². The first-order valence-corrected chi connectivity index (χ1v) is 8.11. The van der Waals surface area contributed by atoms with Gasteiger partial charge in [0.1, 0.15) is 0 Å². The molecule has 1 amide bonds. The molecule has 5 nitrogen and oxygen atoms in total. The van der Waals surface area contributed by atoms with Crippen LogP contribution in [0.2, 0.25) is 5.02 Å². The standard InChI is InChI=1S/C18H18ClN3O2/c1-12(9-13-3-5-15(19)6-4-13)18(24)22-8-7-16-14(11-22)10-17(23)21(2)20-16/h3-6,9-10H,7-8,11H2,1-2H3/b12-9+. The Hall–Kier alpha value is -2.40. The van der Waals surface area contributed by atoms with Crippen molar-refractivity contribution in [2.75, 3.05) is 6.54 Å². The fourth-order valence-electron chi connectivity index (χ4n) is 2.79. The number of amides is 1. The molecule has 0 radical (unpaired) electrons. The summed E-state index contributed by atoms with van der Waals surface area (Å²) in [5.41, 5.74) is 3.14. The van der Waals surface area contributed by atoms with Crippen molar-refractivity contribution in [3.8, 4) is 0 Å². The molecule has 0 N–H and O–H groups in total. The summed E-state index contributed by atoms with van der Waals surface area (Å²) in [6, 6.07) is 8.91. The van der Waals surface area contributed by atoms with Gasteiger partial charge in [-0.05, 0) is 30.7 Å². The molecule has 0 spiro atoms. The first-order valence-electron chi connectivity index (χ1n) is 7.73. The topological polar surface area (TPSA) is 55.2 Å². The summed E-state index contributed by atoms with van der Waals surface area (Å²) in [5, 5.41) is 4.93. The predicted octanol–water partition coefficient (Wildman–Crippen LogP) is 2.42. The molecule has 2 aromatic rings. The lowest BCUT2D eigenvalue weighted by Gasteiger charge is -2.28. The normalized spacial score (nSPS) is 14.5. The maximum Gasteiger partial charge on any atom is 0.266 e. The zero-order valence-electron chi connectivity index (χ0n) is 13.6. The number of fused-ring (bicyclic) bond motifs is 1. The second kappa shape index (κ2) is 6.61. The van der Waals surface area contributed by atoms with Crippen molar-refractivity contribution in [1.29, 1.82) is 0 Å². The van der Waals surface area contributed by atoms with Gasteiger partial charge in [-0.15, -0.1) is 0 Å². The summed E-state index contributed by atoms with van der Waals surface area (Å²) in [5.74, 6) is -0.0312. The Labute approximate surface area is 145 Å². The van der Waals surface area contributed by atoms with Gasteiger partial charge in [-0.1, -0.05) is 23.7 Å². The second-order valence-electron chi connectivity index (χ2n) is 5.93. The fourth-order valence-corrected chi connectivity index (χ4v) is 2.91. The molecular formula is C18H18ClN3O2. The highest BCUT2D eigenvalue weighted by atomic mass is 35.5. The summed E-state index contributed by atoms with van der Waals surface area (Å²) in [4.78, 5) is 26.2. The van der Waals surface area contributed by atoms with E-state index in [0.29, 0.717) is 30.1 Å². The van der Waals surface area contributed by atoms with E-state index in [4.69, 9.17) is 11.6 Å². The third-order valence-electron chi connectivity index (χ3n) is 4.12. The largest absolute Gasteiger partial charge is 0.334 e. The zero-order valence-corrected chi connectivity index (χ0v) is 14.4. The van der Waals surface area contributed by atoms with E-state index in [9.17, 15) is 9.59 Å². The van der Waals surface area contributed by atoms with Crippen LogP contribution in [0.5, 0.6) is 0 Å². The van der Waals surface area contributed by atoms with Crippen LogP contribution in [0.25, 0.3) is 6.08 Å². The maximum absolute atomic E-state index is 12.7. The number of aromatic nitrogens is 2. The number of rotatable bonds is 2. The van der Waals surface area contributed by atoms with Crippen LogP contribution in [0.3, 0.4) is 0 Å². The van der Waals surface area contributed by atoms with Crippen LogP contribution in [-0.2, 0) is 24.8 Å². The molecule has 24 heavy (non-hydrogen) atoms. The van der Waals surface area contributed by atoms with E-state index in [2.05, 4.69) is 5.10 Å². The third kappa shape index (κ3) is 3.41. The van der Waals surface area contributed by atoms with Crippen molar-refractivity contribution < 1.29 is 4.79 Å². The van der Waals surface area contributed by atoms with E-state index >= 15 is 0 Å². The van der Waals surface area contributed by atoms with Gasteiger partial charge in [-0.25, -0.2) is 4.68 Å². The lowest BCUT2D eigenvalue weighted by molar-refractivity contribution is -0.127. The minimum atomic E-state index is -0.156. The number of hydrogen-bond acceptors (Lipinski definition) is 3. The smallest absolute Gasteiger partial charge is 0.266 e. The average Bonchev–Trinajstić information content (AvgIpc) is 2.57. The number of carbonyl (C=O) groups excluding carboxylic acids is 1. The van der Waals surface area contributed by atoms with Crippen molar-refractivity contribution in [2.45, 2.75) is 19.9 Å². The minimum absolute atomic E-state index is 0.0312. The number of carbonyl (C=O) groups is 1. The van der Waals surface area contributed by atoms with Gasteiger partial charge in [-0.3, -0.25) is 9.59 Å². The molecule has 1 aromatic heterocycles. The molecule has 1 aliphatic heterocycles. The summed E-state index contributed by atoms with van der Waals surface area (Å²) in [6.45, 7) is 2.82. The van der Waals surface area contributed by atoms with Crippen LogP contribution in [-0.4, -0.2) is 27.1 Å². The van der Waals surface area contributed by atoms with Crippen molar-refractivity contribution in [3.05, 3.63) is 68.1 Å². The minimum Gasteiger partial charge on any atom is -0.334 e. The monoisotopic (exact) mass is 343 g/mol. The van der Waals surface area contributed by atoms with Gasteiger partial charge in [0.2, 0.25) is 5.91 Å². The molecule has 3 rings (SSSR count). The summed E-state index contributed by atoms with van der Waals surface area (Å²) < 4.78 is 1.34. The summed E-state index contributed by atoms with van der Waals surface area (Å²) >= 11 is 5.88. The molecule has 1 aliphatic rings. The molecule has 0 atom stereocenters. The maximum atomic E-state index is 12.7. The van der Waals surface area contributed by atoms with Crippen molar-refractivity contribution in [1.82, 2.24) is 14.7 Å². The van der Waals surface area contributed by atoms with Gasteiger partial charge in [0.05, 0.1) is 5.69 Å². The summed E-state index contributed by atoms with van der Waals surface area (Å²) in [7, 11) is 1.64. The Bertz CT molecular complexity index is 869. The predicted molar refractivity (Wildman–Crippen MR) is 93.7 cm³/mol. The zero-order chi connectivity index (χ0) is 17.3. The molecule has 1 aromatic carbocycles. The molecule has 0 unspecified atom stereocenters. The van der Waals surface area contributed by atoms with Gasteiger partial charge in [0.25, 0.3) is 5.56 Å². The van der Waals surface area contributed by atoms with Gasteiger partial charge >= 0.3 is 0 Å². The van der Waals surface area contributed by atoms with E-state index in [1.165, 1.54) is 4.68 Å². The molecule has 0 fully saturated rings. The van der Waals surface area contributed by atoms with E-state index in [0.717, 1.165) is 16.8 Å². The fraction of sp³-hybridized carbons (Fsp3) is 0.278. The lowest BCUT2D eigenvalue weighted by Crippen LogP contribution is -2.38. The molecular weight excluding hydrogens is 326 g/mol. The molecule has 0 saturated carbocycles. The number of aryl methyl sites for hydroxylation is 1. The molecule has 0 aliphatic carbocycles. The summed E-state index contributed by atoms with van der Waals surface area (Å²) in [6.07, 6.45) is 2.50. The Morgan fingerprint density at radius 1 is 1.29 bits per heavy atom. The Morgan fingerprint density at radius 2 is 2.00 bits per heavy atom. The van der Waals surface area contributed by atoms with Crippen LogP contribution in [0.1, 0.15) is 23.7 Å². The molecule has 6 heteroatoms. The average molecular weight is 344 g/mol. The first-order chi connectivity index (χ1) is 11.4. The Morgan fingerprint density at radius 3 is 2.71 bits per heavy atom. The van der Waals surface area contributed by atoms with Crippen LogP contribution >= 0.6 is 11.6 Å². The number of hydrogen-bond donors (Lipinski definition) is 0. The molecule has 0 saturated heterocycles. The van der Waals surface area contributed by atoms with Crippen molar-refractivity contribution >= 4 is 23.6 Å². The van der Waals surface area contributed by atoms with Crippen LogP contribution in [0, 0.1) is 0 Å². The highest BCUT2D eigenvalue weighted by Crippen LogP contribution is 2.19. The van der Waals surface area contributed by atoms with E-state index in [-0.39, 0.29) is 11.5 Å². The Kier molecular flexibility index (Phi) is 4.53. The van der Waals surface area contributed by atoms with Crippen LogP contribution in [0.4, 0.5) is 0 Å². The van der Waals surface area contributed by atoms with Gasteiger partial charge in [0.15, 0.2) is 0 Å². The molecule has 124 valence electrons. The lowest BCUT2D eigenvalue weighted by atomic mass is 10.0. The molecule has 0 bridgehead atoms. The number of halogens is 1.